The van der Waals surface area contributed by atoms with Gasteiger partial charge in [0, 0.05) is 74.2 Å². The highest BCUT2D eigenvalue weighted by Gasteiger charge is 2.29. The van der Waals surface area contributed by atoms with Crippen LogP contribution < -0.4 is 9.47 Å². The molecule has 41 heavy (non-hydrogen) atoms. The highest BCUT2D eigenvalue weighted by molar-refractivity contribution is 7.09. The zero-order chi connectivity index (χ0) is 27.8. The van der Waals surface area contributed by atoms with E-state index < -0.39 is 0 Å². The van der Waals surface area contributed by atoms with Gasteiger partial charge in [-0.05, 0) is 42.2 Å². The van der Waals surface area contributed by atoms with E-state index in [4.69, 9.17) is 14.5 Å². The molecular formula is C31H33N5O4S. The van der Waals surface area contributed by atoms with Crippen molar-refractivity contribution < 1.29 is 19.1 Å². The summed E-state index contributed by atoms with van der Waals surface area (Å²) in [5.41, 5.74) is 3.84. The summed E-state index contributed by atoms with van der Waals surface area (Å²) in [6, 6.07) is 14.2. The minimum atomic E-state index is 0.0153. The molecule has 2 saturated heterocycles. The molecule has 2 aromatic carbocycles. The lowest BCUT2D eigenvalue weighted by Crippen LogP contribution is -2.48. The third-order valence-electron chi connectivity index (χ3n) is 8.46. The largest absolute Gasteiger partial charge is 0.454 e. The molecule has 0 saturated carbocycles. The number of carbonyl (C=O) groups excluding carboxylic acids is 2. The van der Waals surface area contributed by atoms with Crippen molar-refractivity contribution in [2.24, 2.45) is 0 Å². The topological polar surface area (TPSA) is 91.0 Å². The monoisotopic (exact) mass is 571 g/mol. The number of H-pyrrole nitrogens is 1. The second-order valence-electron chi connectivity index (χ2n) is 11.0. The van der Waals surface area contributed by atoms with Gasteiger partial charge in [-0.15, -0.1) is 11.3 Å². The van der Waals surface area contributed by atoms with Gasteiger partial charge in [-0.1, -0.05) is 24.3 Å². The highest BCUT2D eigenvalue weighted by atomic mass is 32.1. The molecule has 0 atom stereocenters. The minimum Gasteiger partial charge on any atom is -0.454 e. The van der Waals surface area contributed by atoms with Crippen molar-refractivity contribution in [2.45, 2.75) is 31.7 Å². The SMILES string of the molecule is O=C(Cc1c[nH]c2ccccc12)N1CCC(c2nc(C(=O)N3CCN(Cc4ccc5c(c4)OCO5)CC3)cs2)CC1. The van der Waals surface area contributed by atoms with Crippen molar-refractivity contribution in [1.29, 1.82) is 0 Å². The third kappa shape index (κ3) is 5.41. The van der Waals surface area contributed by atoms with E-state index in [0.29, 0.717) is 25.2 Å². The van der Waals surface area contributed by atoms with E-state index in [1.54, 1.807) is 11.3 Å². The molecule has 4 aromatic rings. The molecule has 212 valence electrons. The summed E-state index contributed by atoms with van der Waals surface area (Å²) in [5.74, 6) is 2.07. The van der Waals surface area contributed by atoms with E-state index >= 15 is 0 Å². The van der Waals surface area contributed by atoms with Crippen LogP contribution in [0.1, 0.15) is 45.4 Å². The van der Waals surface area contributed by atoms with Gasteiger partial charge in [0.15, 0.2) is 11.5 Å². The van der Waals surface area contributed by atoms with Gasteiger partial charge in [-0.25, -0.2) is 4.98 Å². The molecule has 0 radical (unpaired) electrons. The Labute approximate surface area is 242 Å². The molecule has 3 aliphatic rings. The Bertz CT molecular complexity index is 1570. The number of likely N-dealkylation sites (tertiary alicyclic amines) is 1. The highest BCUT2D eigenvalue weighted by Crippen LogP contribution is 2.33. The fraction of sp³-hybridized carbons (Fsp3) is 0.387. The number of aromatic amines is 1. The van der Waals surface area contributed by atoms with Gasteiger partial charge in [0.25, 0.3) is 5.91 Å². The van der Waals surface area contributed by atoms with Crippen LogP contribution in [-0.2, 0) is 17.8 Å². The van der Waals surface area contributed by atoms with E-state index in [1.807, 2.05) is 51.7 Å². The van der Waals surface area contributed by atoms with E-state index in [-0.39, 0.29) is 24.5 Å². The maximum Gasteiger partial charge on any atom is 0.273 e. The summed E-state index contributed by atoms with van der Waals surface area (Å²) in [7, 11) is 0. The van der Waals surface area contributed by atoms with Crippen LogP contribution in [0.25, 0.3) is 10.9 Å². The van der Waals surface area contributed by atoms with Crippen LogP contribution in [0.3, 0.4) is 0 Å². The minimum absolute atomic E-state index is 0.0153. The van der Waals surface area contributed by atoms with E-state index in [0.717, 1.165) is 78.5 Å². The molecule has 0 spiro atoms. The average Bonchev–Trinajstić information content (AvgIpc) is 3.78. The Kier molecular flexibility index (Phi) is 7.10. The quantitative estimate of drug-likeness (QED) is 0.372. The smallest absolute Gasteiger partial charge is 0.273 e. The van der Waals surface area contributed by atoms with Crippen LogP contribution in [0.2, 0.25) is 0 Å². The van der Waals surface area contributed by atoms with Crippen molar-refractivity contribution in [3.63, 3.8) is 0 Å². The number of piperidine rings is 1. The normalized spacial score (nSPS) is 17.9. The number of nitrogens with one attached hydrogen (secondary N) is 1. The maximum absolute atomic E-state index is 13.2. The third-order valence-corrected chi connectivity index (χ3v) is 9.46. The number of piperazine rings is 1. The number of amides is 2. The van der Waals surface area contributed by atoms with Gasteiger partial charge in [-0.3, -0.25) is 14.5 Å². The van der Waals surface area contributed by atoms with Crippen LogP contribution >= 0.6 is 11.3 Å². The van der Waals surface area contributed by atoms with Crippen molar-refractivity contribution in [3.05, 3.63) is 75.9 Å². The molecule has 2 aromatic heterocycles. The maximum atomic E-state index is 13.2. The first-order valence-electron chi connectivity index (χ1n) is 14.3. The number of carbonyl (C=O) groups is 2. The van der Waals surface area contributed by atoms with Crippen LogP contribution in [0.4, 0.5) is 0 Å². The number of hydrogen-bond acceptors (Lipinski definition) is 7. The van der Waals surface area contributed by atoms with Crippen LogP contribution in [0.15, 0.2) is 54.0 Å². The number of nitrogens with zero attached hydrogens (tertiary/aromatic N) is 4. The van der Waals surface area contributed by atoms with Gasteiger partial charge in [0.2, 0.25) is 12.7 Å². The number of benzene rings is 2. The van der Waals surface area contributed by atoms with Crippen LogP contribution in [0, 0.1) is 0 Å². The number of hydrogen-bond donors (Lipinski definition) is 1. The van der Waals surface area contributed by atoms with E-state index in [9.17, 15) is 9.59 Å². The van der Waals surface area contributed by atoms with E-state index in [2.05, 4.69) is 22.0 Å². The molecule has 7 rings (SSSR count). The molecule has 1 N–H and O–H groups in total. The lowest BCUT2D eigenvalue weighted by atomic mass is 9.97. The predicted molar refractivity (Wildman–Crippen MR) is 156 cm³/mol. The van der Waals surface area contributed by atoms with Gasteiger partial charge in [-0.2, -0.15) is 0 Å². The number of para-hydroxylation sites is 1. The molecule has 5 heterocycles. The molecule has 0 aliphatic carbocycles. The lowest BCUT2D eigenvalue weighted by molar-refractivity contribution is -0.131. The fourth-order valence-electron chi connectivity index (χ4n) is 6.07. The summed E-state index contributed by atoms with van der Waals surface area (Å²) < 4.78 is 10.9. The average molecular weight is 572 g/mol. The second kappa shape index (κ2) is 11.2. The van der Waals surface area contributed by atoms with Gasteiger partial charge < -0.3 is 24.3 Å². The van der Waals surface area contributed by atoms with Crippen LogP contribution in [-0.4, -0.2) is 82.5 Å². The number of fused-ring (bicyclic) bond motifs is 2. The second-order valence-corrected chi connectivity index (χ2v) is 11.9. The summed E-state index contributed by atoms with van der Waals surface area (Å²) in [6.45, 7) is 5.57. The molecule has 3 aliphatic heterocycles. The molecule has 9 nitrogen and oxygen atoms in total. The lowest BCUT2D eigenvalue weighted by Gasteiger charge is -2.34. The zero-order valence-electron chi connectivity index (χ0n) is 22.9. The molecule has 2 fully saturated rings. The molecule has 0 unspecified atom stereocenters. The first kappa shape index (κ1) is 26.0. The molecule has 2 amide bonds. The Balaban J connectivity index is 0.892. The fourth-order valence-corrected chi connectivity index (χ4v) is 7.04. The number of thiazole rings is 1. The zero-order valence-corrected chi connectivity index (χ0v) is 23.7. The number of aromatic nitrogens is 2. The molecular weight excluding hydrogens is 538 g/mol. The number of rotatable bonds is 6. The van der Waals surface area contributed by atoms with Crippen molar-refractivity contribution in [2.75, 3.05) is 46.1 Å². The Morgan fingerprint density at radius 1 is 0.951 bits per heavy atom. The van der Waals surface area contributed by atoms with E-state index in [1.165, 1.54) is 5.56 Å². The first-order valence-corrected chi connectivity index (χ1v) is 15.2. The number of ether oxygens (including phenoxy) is 2. The Morgan fingerprint density at radius 2 is 1.76 bits per heavy atom. The molecule has 0 bridgehead atoms. The predicted octanol–water partition coefficient (Wildman–Crippen LogP) is 4.26. The van der Waals surface area contributed by atoms with Crippen molar-refractivity contribution in [3.8, 4) is 11.5 Å². The first-order chi connectivity index (χ1) is 20.1. The van der Waals surface area contributed by atoms with Crippen molar-refractivity contribution in [1.82, 2.24) is 24.7 Å². The van der Waals surface area contributed by atoms with Gasteiger partial charge >= 0.3 is 0 Å². The van der Waals surface area contributed by atoms with Crippen LogP contribution in [0.5, 0.6) is 11.5 Å². The summed E-state index contributed by atoms with van der Waals surface area (Å²) in [5, 5.41) is 4.03. The Hall–Kier alpha value is -3.89. The summed E-state index contributed by atoms with van der Waals surface area (Å²) >= 11 is 1.58. The summed E-state index contributed by atoms with van der Waals surface area (Å²) in [4.78, 5) is 40.6. The van der Waals surface area contributed by atoms with Gasteiger partial charge in [0.1, 0.15) is 5.69 Å². The summed E-state index contributed by atoms with van der Waals surface area (Å²) in [6.07, 6.45) is 4.11. The molecule has 10 heteroatoms. The Morgan fingerprint density at radius 3 is 2.61 bits per heavy atom. The standard InChI is InChI=1S/C31H33N5O4S/c37-29(16-23-17-32-25-4-2-1-3-24(23)25)35-9-7-22(8-10-35)30-33-26(19-41-30)31(38)36-13-11-34(12-14-36)18-21-5-6-27-28(15-21)40-20-39-27/h1-6,15,17,19,22,32H,7-14,16,18,20H2. The van der Waals surface area contributed by atoms with Gasteiger partial charge in [0.05, 0.1) is 11.4 Å². The van der Waals surface area contributed by atoms with Crippen molar-refractivity contribution >= 4 is 34.1 Å².